The van der Waals surface area contributed by atoms with Crippen LogP contribution in [-0.2, 0) is 0 Å². The van der Waals surface area contributed by atoms with Crippen LogP contribution in [0.5, 0.6) is 0 Å². The molecule has 25 heavy (non-hydrogen) atoms. The smallest absolute Gasteiger partial charge is 0.225 e. The van der Waals surface area contributed by atoms with Crippen LogP contribution in [0.1, 0.15) is 17.3 Å². The van der Waals surface area contributed by atoms with Gasteiger partial charge in [-0.2, -0.15) is 0 Å². The summed E-state index contributed by atoms with van der Waals surface area (Å²) in [5.74, 6) is 0.930. The van der Waals surface area contributed by atoms with E-state index in [0.29, 0.717) is 0 Å². The number of nitrogens with one attached hydrogen (secondary N) is 1. The van der Waals surface area contributed by atoms with E-state index in [1.807, 2.05) is 43.5 Å². The minimum atomic E-state index is -0.141. The lowest BCUT2D eigenvalue weighted by atomic mass is 10.0. The average molecular weight is 335 g/mol. The number of hydrogen-bond acceptors (Lipinski definition) is 5. The molecule has 1 atom stereocenters. The zero-order valence-electron chi connectivity index (χ0n) is 14.2. The third-order valence-corrected chi connectivity index (χ3v) is 4.93. The number of benzene rings is 1. The Balaban J connectivity index is 1.45. The van der Waals surface area contributed by atoms with E-state index >= 15 is 0 Å². The van der Waals surface area contributed by atoms with Gasteiger partial charge in [-0.15, -0.1) is 0 Å². The Morgan fingerprint density at radius 2 is 1.80 bits per heavy atom. The Labute approximate surface area is 146 Å². The summed E-state index contributed by atoms with van der Waals surface area (Å²) in [5, 5.41) is 0.996. The number of carbonyl (C=O) groups is 1. The van der Waals surface area contributed by atoms with Crippen LogP contribution >= 0.6 is 0 Å². The lowest BCUT2D eigenvalue weighted by Crippen LogP contribution is -2.52. The van der Waals surface area contributed by atoms with Gasteiger partial charge >= 0.3 is 0 Å². The number of rotatable bonds is 4. The van der Waals surface area contributed by atoms with Crippen molar-refractivity contribution in [2.75, 3.05) is 31.1 Å². The number of piperazine rings is 1. The molecule has 6 heteroatoms. The van der Waals surface area contributed by atoms with Crippen LogP contribution in [0, 0.1) is 0 Å². The first-order chi connectivity index (χ1) is 12.2. The maximum atomic E-state index is 13.0. The van der Waals surface area contributed by atoms with Crippen molar-refractivity contribution in [3.05, 3.63) is 54.5 Å². The van der Waals surface area contributed by atoms with Crippen LogP contribution in [-0.4, -0.2) is 57.9 Å². The largest absolute Gasteiger partial charge is 0.360 e. The molecule has 3 aromatic rings. The number of carbonyl (C=O) groups excluding carboxylic acids is 1. The van der Waals surface area contributed by atoms with E-state index in [1.165, 1.54) is 0 Å². The molecule has 0 spiro atoms. The molecule has 1 N–H and O–H groups in total. The van der Waals surface area contributed by atoms with Gasteiger partial charge in [0.15, 0.2) is 5.78 Å². The lowest BCUT2D eigenvalue weighted by Gasteiger charge is -2.37. The first kappa shape index (κ1) is 15.8. The Morgan fingerprint density at radius 3 is 2.56 bits per heavy atom. The van der Waals surface area contributed by atoms with Gasteiger partial charge in [-0.05, 0) is 19.1 Å². The monoisotopic (exact) mass is 335 g/mol. The van der Waals surface area contributed by atoms with Crippen molar-refractivity contribution in [3.8, 4) is 0 Å². The number of fused-ring (bicyclic) bond motifs is 1. The fourth-order valence-corrected chi connectivity index (χ4v) is 3.43. The number of hydrogen-bond donors (Lipinski definition) is 1. The second-order valence-electron chi connectivity index (χ2n) is 6.36. The molecule has 128 valence electrons. The molecular weight excluding hydrogens is 314 g/mol. The summed E-state index contributed by atoms with van der Waals surface area (Å²) in [5.41, 5.74) is 1.78. The molecular formula is C19H21N5O. The summed E-state index contributed by atoms with van der Waals surface area (Å²) in [6.45, 7) is 5.31. The van der Waals surface area contributed by atoms with Crippen LogP contribution in [0.3, 0.4) is 0 Å². The average Bonchev–Trinajstić information content (AvgIpc) is 3.12. The Bertz CT molecular complexity index is 868. The molecule has 1 aliphatic heterocycles. The van der Waals surface area contributed by atoms with Gasteiger partial charge in [0, 0.05) is 61.2 Å². The van der Waals surface area contributed by atoms with Gasteiger partial charge in [-0.25, -0.2) is 9.97 Å². The van der Waals surface area contributed by atoms with Gasteiger partial charge in [0.1, 0.15) is 0 Å². The maximum absolute atomic E-state index is 13.0. The van der Waals surface area contributed by atoms with Crippen molar-refractivity contribution < 1.29 is 4.79 Å². The van der Waals surface area contributed by atoms with E-state index in [0.717, 1.165) is 48.6 Å². The van der Waals surface area contributed by atoms with Gasteiger partial charge in [0.2, 0.25) is 5.95 Å². The number of aromatic amines is 1. The van der Waals surface area contributed by atoms with E-state index in [9.17, 15) is 4.79 Å². The molecule has 1 fully saturated rings. The highest BCUT2D eigenvalue weighted by Gasteiger charge is 2.28. The number of para-hydroxylation sites is 1. The number of ketones is 1. The Morgan fingerprint density at radius 1 is 1.08 bits per heavy atom. The van der Waals surface area contributed by atoms with E-state index in [1.54, 1.807) is 12.4 Å². The summed E-state index contributed by atoms with van der Waals surface area (Å²) in [4.78, 5) is 29.2. The summed E-state index contributed by atoms with van der Waals surface area (Å²) in [7, 11) is 0. The van der Waals surface area contributed by atoms with Gasteiger partial charge in [0.25, 0.3) is 0 Å². The van der Waals surface area contributed by atoms with E-state index in [2.05, 4.69) is 24.8 Å². The quantitative estimate of drug-likeness (QED) is 0.742. The van der Waals surface area contributed by atoms with Gasteiger partial charge in [0.05, 0.1) is 6.04 Å². The zero-order chi connectivity index (χ0) is 17.2. The fourth-order valence-electron chi connectivity index (χ4n) is 3.43. The van der Waals surface area contributed by atoms with Crippen LogP contribution in [0.2, 0.25) is 0 Å². The first-order valence-corrected chi connectivity index (χ1v) is 8.60. The SMILES string of the molecule is CC(C(=O)c1c[nH]c2ccccc12)N1CCN(c2ncccn2)CC1. The number of anilines is 1. The van der Waals surface area contributed by atoms with E-state index in [4.69, 9.17) is 0 Å². The van der Waals surface area contributed by atoms with Crippen molar-refractivity contribution >= 4 is 22.6 Å². The maximum Gasteiger partial charge on any atom is 0.225 e. The molecule has 0 radical (unpaired) electrons. The number of nitrogens with zero attached hydrogens (tertiary/aromatic N) is 4. The Kier molecular flexibility index (Phi) is 4.19. The van der Waals surface area contributed by atoms with Crippen molar-refractivity contribution in [2.45, 2.75) is 13.0 Å². The summed E-state index contributed by atoms with van der Waals surface area (Å²) in [6, 6.07) is 9.61. The van der Waals surface area contributed by atoms with Crippen molar-refractivity contribution in [2.24, 2.45) is 0 Å². The zero-order valence-corrected chi connectivity index (χ0v) is 14.2. The van der Waals surface area contributed by atoms with Crippen molar-refractivity contribution in [1.29, 1.82) is 0 Å². The predicted octanol–water partition coefficient (Wildman–Crippen LogP) is 2.35. The molecule has 3 heterocycles. The predicted molar refractivity (Wildman–Crippen MR) is 97.9 cm³/mol. The normalized spacial score (nSPS) is 16.9. The third kappa shape index (κ3) is 3.00. The van der Waals surface area contributed by atoms with Crippen molar-refractivity contribution in [1.82, 2.24) is 19.9 Å². The van der Waals surface area contributed by atoms with Crippen molar-refractivity contribution in [3.63, 3.8) is 0 Å². The summed E-state index contributed by atoms with van der Waals surface area (Å²) in [6.07, 6.45) is 5.35. The molecule has 0 aliphatic carbocycles. The molecule has 4 rings (SSSR count). The third-order valence-electron chi connectivity index (χ3n) is 4.93. The number of H-pyrrole nitrogens is 1. The second kappa shape index (κ2) is 6.64. The first-order valence-electron chi connectivity index (χ1n) is 8.60. The van der Waals surface area contributed by atoms with E-state index < -0.39 is 0 Å². The van der Waals surface area contributed by atoms with Crippen LogP contribution < -0.4 is 4.90 Å². The molecule has 0 bridgehead atoms. The van der Waals surface area contributed by atoms with Gasteiger partial charge in [-0.3, -0.25) is 9.69 Å². The highest BCUT2D eigenvalue weighted by molar-refractivity contribution is 6.10. The molecule has 1 unspecified atom stereocenters. The number of aromatic nitrogens is 3. The molecule has 6 nitrogen and oxygen atoms in total. The molecule has 2 aromatic heterocycles. The lowest BCUT2D eigenvalue weighted by molar-refractivity contribution is 0.0831. The van der Waals surface area contributed by atoms with Crippen LogP contribution in [0.25, 0.3) is 10.9 Å². The topological polar surface area (TPSA) is 65.1 Å². The summed E-state index contributed by atoms with van der Waals surface area (Å²) < 4.78 is 0. The highest BCUT2D eigenvalue weighted by atomic mass is 16.1. The molecule has 1 saturated heterocycles. The second-order valence-corrected chi connectivity index (χ2v) is 6.36. The highest BCUT2D eigenvalue weighted by Crippen LogP contribution is 2.21. The minimum absolute atomic E-state index is 0.141. The van der Waals surface area contributed by atoms with Gasteiger partial charge in [-0.1, -0.05) is 18.2 Å². The molecule has 1 aliphatic rings. The fraction of sp³-hybridized carbons (Fsp3) is 0.316. The van der Waals surface area contributed by atoms with Crippen LogP contribution in [0.15, 0.2) is 48.9 Å². The molecule has 1 aromatic carbocycles. The number of Topliss-reactive ketones (excluding diaryl/α,β-unsaturated/α-hetero) is 1. The van der Waals surface area contributed by atoms with Gasteiger partial charge < -0.3 is 9.88 Å². The molecule has 0 saturated carbocycles. The Hall–Kier alpha value is -2.73. The molecule has 0 amide bonds. The standard InChI is InChI=1S/C19H21N5O/c1-14(18(25)16-13-22-17-6-3-2-5-15(16)17)23-9-11-24(12-10-23)19-20-7-4-8-21-19/h2-8,13-14,22H,9-12H2,1H3. The van der Waals surface area contributed by atoms with E-state index in [-0.39, 0.29) is 11.8 Å². The summed E-state index contributed by atoms with van der Waals surface area (Å²) >= 11 is 0. The van der Waals surface area contributed by atoms with Crippen LogP contribution in [0.4, 0.5) is 5.95 Å². The minimum Gasteiger partial charge on any atom is -0.360 e.